The van der Waals surface area contributed by atoms with Gasteiger partial charge in [0.2, 0.25) is 0 Å². The summed E-state index contributed by atoms with van der Waals surface area (Å²) in [5.74, 6) is -1.28. The Morgan fingerprint density at radius 2 is 2.06 bits per heavy atom. The molecule has 0 fully saturated rings. The van der Waals surface area contributed by atoms with Gasteiger partial charge in [-0.15, -0.1) is 0 Å². The lowest BCUT2D eigenvalue weighted by Crippen LogP contribution is -2.41. The summed E-state index contributed by atoms with van der Waals surface area (Å²) in [7, 11) is 0. The zero-order valence-electron chi connectivity index (χ0n) is 10.8. The van der Waals surface area contributed by atoms with Gasteiger partial charge in [0.15, 0.2) is 0 Å². The molecule has 5 heteroatoms. The van der Waals surface area contributed by atoms with Crippen LogP contribution in [0.5, 0.6) is 0 Å². The summed E-state index contributed by atoms with van der Waals surface area (Å²) >= 11 is 0. The Kier molecular flexibility index (Phi) is 4.83. The number of pyridine rings is 1. The Bertz CT molecular complexity index is 444. The lowest BCUT2D eigenvalue weighted by Gasteiger charge is -2.16. The van der Waals surface area contributed by atoms with E-state index in [0.717, 1.165) is 5.69 Å². The molecule has 1 atom stereocenters. The van der Waals surface area contributed by atoms with Crippen LogP contribution >= 0.6 is 0 Å². The van der Waals surface area contributed by atoms with Crippen molar-refractivity contribution in [1.29, 1.82) is 0 Å². The minimum atomic E-state index is -1.02. The maximum absolute atomic E-state index is 11.9. The SMILES string of the molecule is Cc1cccc(C(=O)NC(CC(C)C)C(=O)O)n1. The Labute approximate surface area is 106 Å². The number of aromatic nitrogens is 1. The number of hydrogen-bond acceptors (Lipinski definition) is 3. The number of aryl methyl sites for hydroxylation is 1. The average Bonchev–Trinajstić information content (AvgIpc) is 2.27. The molecule has 0 aliphatic heterocycles. The summed E-state index contributed by atoms with van der Waals surface area (Å²) in [6, 6.07) is 4.19. The highest BCUT2D eigenvalue weighted by molar-refractivity contribution is 5.94. The third-order valence-electron chi connectivity index (χ3n) is 2.43. The van der Waals surface area contributed by atoms with Crippen LogP contribution in [0.3, 0.4) is 0 Å². The predicted octanol–water partition coefficient (Wildman–Crippen LogP) is 1.62. The first-order valence-electron chi connectivity index (χ1n) is 5.87. The van der Waals surface area contributed by atoms with Crippen LogP contribution in [0.25, 0.3) is 0 Å². The molecule has 18 heavy (non-hydrogen) atoms. The van der Waals surface area contributed by atoms with E-state index >= 15 is 0 Å². The molecule has 0 radical (unpaired) electrons. The number of hydrogen-bond donors (Lipinski definition) is 2. The number of carboxylic acid groups (broad SMARTS) is 1. The lowest BCUT2D eigenvalue weighted by atomic mass is 10.0. The largest absolute Gasteiger partial charge is 0.480 e. The summed E-state index contributed by atoms with van der Waals surface area (Å²) in [4.78, 5) is 26.9. The lowest BCUT2D eigenvalue weighted by molar-refractivity contribution is -0.139. The molecule has 1 aromatic rings. The van der Waals surface area contributed by atoms with Crippen molar-refractivity contribution in [2.45, 2.75) is 33.2 Å². The van der Waals surface area contributed by atoms with Gasteiger partial charge in [-0.25, -0.2) is 9.78 Å². The highest BCUT2D eigenvalue weighted by Crippen LogP contribution is 2.06. The predicted molar refractivity (Wildman–Crippen MR) is 67.3 cm³/mol. The molecule has 1 unspecified atom stereocenters. The molecule has 0 spiro atoms. The van der Waals surface area contributed by atoms with Crippen molar-refractivity contribution in [1.82, 2.24) is 10.3 Å². The number of amides is 1. The zero-order chi connectivity index (χ0) is 13.7. The quantitative estimate of drug-likeness (QED) is 0.832. The van der Waals surface area contributed by atoms with Gasteiger partial charge >= 0.3 is 5.97 Å². The smallest absolute Gasteiger partial charge is 0.326 e. The van der Waals surface area contributed by atoms with Crippen molar-refractivity contribution in [3.8, 4) is 0 Å². The van der Waals surface area contributed by atoms with Gasteiger partial charge in [0.25, 0.3) is 5.91 Å². The first-order chi connectivity index (χ1) is 8.40. The summed E-state index contributed by atoms with van der Waals surface area (Å²) in [6.07, 6.45) is 0.396. The molecule has 0 aliphatic rings. The second-order valence-electron chi connectivity index (χ2n) is 4.66. The number of nitrogens with zero attached hydrogens (tertiary/aromatic N) is 1. The second-order valence-corrected chi connectivity index (χ2v) is 4.66. The van der Waals surface area contributed by atoms with Gasteiger partial charge in [-0.05, 0) is 31.4 Å². The number of rotatable bonds is 5. The number of nitrogens with one attached hydrogen (secondary N) is 1. The number of carboxylic acids is 1. The third-order valence-corrected chi connectivity index (χ3v) is 2.43. The third kappa shape index (κ3) is 4.16. The van der Waals surface area contributed by atoms with Crippen LogP contribution in [0.1, 0.15) is 36.5 Å². The monoisotopic (exact) mass is 250 g/mol. The molecule has 0 saturated carbocycles. The van der Waals surface area contributed by atoms with Crippen LogP contribution in [0.15, 0.2) is 18.2 Å². The molecular formula is C13H18N2O3. The highest BCUT2D eigenvalue weighted by Gasteiger charge is 2.22. The van der Waals surface area contributed by atoms with Crippen molar-refractivity contribution >= 4 is 11.9 Å². The van der Waals surface area contributed by atoms with Gasteiger partial charge in [-0.2, -0.15) is 0 Å². The first kappa shape index (κ1) is 14.2. The molecule has 0 aromatic carbocycles. The normalized spacial score (nSPS) is 12.2. The fourth-order valence-electron chi connectivity index (χ4n) is 1.59. The Hall–Kier alpha value is -1.91. The van der Waals surface area contributed by atoms with Crippen LogP contribution in [-0.2, 0) is 4.79 Å². The number of carbonyl (C=O) groups is 2. The average molecular weight is 250 g/mol. The van der Waals surface area contributed by atoms with Crippen molar-refractivity contribution in [3.05, 3.63) is 29.6 Å². The molecule has 0 bridgehead atoms. The van der Waals surface area contributed by atoms with Gasteiger partial charge in [-0.1, -0.05) is 19.9 Å². The number of aliphatic carboxylic acids is 1. The topological polar surface area (TPSA) is 79.3 Å². The highest BCUT2D eigenvalue weighted by atomic mass is 16.4. The van der Waals surface area contributed by atoms with Crippen LogP contribution in [-0.4, -0.2) is 28.0 Å². The first-order valence-corrected chi connectivity index (χ1v) is 5.87. The molecule has 5 nitrogen and oxygen atoms in total. The molecule has 2 N–H and O–H groups in total. The van der Waals surface area contributed by atoms with E-state index in [4.69, 9.17) is 5.11 Å². The maximum atomic E-state index is 11.9. The van der Waals surface area contributed by atoms with E-state index in [1.807, 2.05) is 13.8 Å². The van der Waals surface area contributed by atoms with Crippen molar-refractivity contribution in [2.24, 2.45) is 5.92 Å². The van der Waals surface area contributed by atoms with Crippen molar-refractivity contribution < 1.29 is 14.7 Å². The molecular weight excluding hydrogens is 232 g/mol. The molecule has 98 valence electrons. The standard InChI is InChI=1S/C13H18N2O3/c1-8(2)7-11(13(17)18)15-12(16)10-6-4-5-9(3)14-10/h4-6,8,11H,7H2,1-3H3,(H,15,16)(H,17,18). The zero-order valence-corrected chi connectivity index (χ0v) is 10.8. The minimum Gasteiger partial charge on any atom is -0.480 e. The Morgan fingerprint density at radius 1 is 1.39 bits per heavy atom. The molecule has 1 aromatic heterocycles. The summed E-state index contributed by atoms with van der Waals surface area (Å²) in [6.45, 7) is 5.60. The van der Waals surface area contributed by atoms with E-state index in [2.05, 4.69) is 10.3 Å². The Morgan fingerprint density at radius 3 is 2.56 bits per heavy atom. The van der Waals surface area contributed by atoms with Gasteiger partial charge in [0.1, 0.15) is 11.7 Å². The van der Waals surface area contributed by atoms with Crippen LogP contribution < -0.4 is 5.32 Å². The van der Waals surface area contributed by atoms with Crippen LogP contribution in [0.2, 0.25) is 0 Å². The molecule has 0 aliphatic carbocycles. The molecule has 0 saturated heterocycles. The summed E-state index contributed by atoms with van der Waals surface area (Å²) < 4.78 is 0. The van der Waals surface area contributed by atoms with Crippen molar-refractivity contribution in [2.75, 3.05) is 0 Å². The molecule has 1 amide bonds. The fraction of sp³-hybridized carbons (Fsp3) is 0.462. The van der Waals surface area contributed by atoms with E-state index in [0.29, 0.717) is 6.42 Å². The second kappa shape index (κ2) is 6.14. The Balaban J connectivity index is 2.75. The van der Waals surface area contributed by atoms with Gasteiger partial charge < -0.3 is 10.4 Å². The van der Waals surface area contributed by atoms with E-state index in [1.54, 1.807) is 25.1 Å². The van der Waals surface area contributed by atoms with Gasteiger partial charge in [0.05, 0.1) is 0 Å². The van der Waals surface area contributed by atoms with E-state index in [1.165, 1.54) is 0 Å². The maximum Gasteiger partial charge on any atom is 0.326 e. The number of carbonyl (C=O) groups excluding carboxylic acids is 1. The fourth-order valence-corrected chi connectivity index (χ4v) is 1.59. The minimum absolute atomic E-state index is 0.192. The molecule has 1 rings (SSSR count). The van der Waals surface area contributed by atoms with Crippen LogP contribution in [0, 0.1) is 12.8 Å². The van der Waals surface area contributed by atoms with Crippen LogP contribution in [0.4, 0.5) is 0 Å². The van der Waals surface area contributed by atoms with Gasteiger partial charge in [-0.3, -0.25) is 4.79 Å². The van der Waals surface area contributed by atoms with Gasteiger partial charge in [0, 0.05) is 5.69 Å². The van der Waals surface area contributed by atoms with Crippen molar-refractivity contribution in [3.63, 3.8) is 0 Å². The van der Waals surface area contributed by atoms with E-state index in [9.17, 15) is 9.59 Å². The van der Waals surface area contributed by atoms with E-state index in [-0.39, 0.29) is 11.6 Å². The summed E-state index contributed by atoms with van der Waals surface area (Å²) in [5, 5.41) is 11.5. The van der Waals surface area contributed by atoms with E-state index < -0.39 is 17.9 Å². The summed E-state index contributed by atoms with van der Waals surface area (Å²) in [5.41, 5.74) is 0.961. The molecule has 1 heterocycles.